The average Bonchev–Trinajstić information content (AvgIpc) is 2.59. The van der Waals surface area contributed by atoms with Gasteiger partial charge in [-0.05, 0) is 29.3 Å². The highest BCUT2D eigenvalue weighted by molar-refractivity contribution is 6.08. The molecule has 2 aromatic carbocycles. The van der Waals surface area contributed by atoms with E-state index in [0.717, 1.165) is 0 Å². The molecule has 0 amide bonds. The Labute approximate surface area is 133 Å². The molecule has 0 saturated heterocycles. The van der Waals surface area contributed by atoms with Crippen molar-refractivity contribution in [3.63, 3.8) is 0 Å². The maximum absolute atomic E-state index is 12.3. The minimum atomic E-state index is -1.24. The molecule has 0 aliphatic rings. The fraction of sp³-hybridized carbons (Fsp3) is 0.111. The number of carbonyl (C=O) groups excluding carboxylic acids is 2. The molecule has 0 radical (unpaired) electrons. The quantitative estimate of drug-likeness (QED) is 0.602. The summed E-state index contributed by atoms with van der Waals surface area (Å²) in [5.74, 6) is -0.445. The summed E-state index contributed by atoms with van der Waals surface area (Å²) in [5.41, 5.74) is 1.21. The molecule has 0 fully saturated rings. The number of ketones is 1. The van der Waals surface area contributed by atoms with Gasteiger partial charge in [0.15, 0.2) is 5.78 Å². The van der Waals surface area contributed by atoms with Crippen LogP contribution in [-0.2, 0) is 0 Å². The Morgan fingerprint density at radius 3 is 2.26 bits per heavy atom. The summed E-state index contributed by atoms with van der Waals surface area (Å²) in [7, 11) is 3.01. The molecule has 0 bridgehead atoms. The van der Waals surface area contributed by atoms with Crippen LogP contribution in [0.4, 0.5) is 0 Å². The predicted octanol–water partition coefficient (Wildman–Crippen LogP) is 1.96. The van der Waals surface area contributed by atoms with E-state index in [-0.39, 0.29) is 11.3 Å². The molecule has 2 aromatic rings. The highest BCUT2D eigenvalue weighted by Gasteiger charge is 2.10. The Morgan fingerprint density at radius 1 is 1.00 bits per heavy atom. The smallest absolute Gasteiger partial charge is 0.189 e. The number of ether oxygens (including phenoxy) is 2. The van der Waals surface area contributed by atoms with Crippen LogP contribution in [0.2, 0.25) is 0 Å². The molecule has 0 spiro atoms. The van der Waals surface area contributed by atoms with Crippen molar-refractivity contribution in [2.24, 2.45) is 0 Å². The van der Waals surface area contributed by atoms with Crippen molar-refractivity contribution in [3.05, 3.63) is 65.2 Å². The van der Waals surface area contributed by atoms with Crippen molar-refractivity contribution in [3.8, 4) is 11.5 Å². The number of aromatic carboxylic acids is 1. The predicted molar refractivity (Wildman–Crippen MR) is 83.7 cm³/mol. The molecular formula is C18H15O5-. The van der Waals surface area contributed by atoms with Gasteiger partial charge in [0, 0.05) is 6.07 Å². The molecule has 0 atom stereocenters. The van der Waals surface area contributed by atoms with Gasteiger partial charge in [-0.1, -0.05) is 30.3 Å². The first-order chi connectivity index (χ1) is 11.0. The average molecular weight is 311 g/mol. The van der Waals surface area contributed by atoms with Crippen LogP contribution in [-0.4, -0.2) is 26.0 Å². The third-order valence-electron chi connectivity index (χ3n) is 3.25. The molecule has 5 nitrogen and oxygen atoms in total. The van der Waals surface area contributed by atoms with Gasteiger partial charge in [-0.2, -0.15) is 0 Å². The van der Waals surface area contributed by atoms with Gasteiger partial charge in [-0.3, -0.25) is 4.79 Å². The van der Waals surface area contributed by atoms with Crippen LogP contribution < -0.4 is 14.6 Å². The molecule has 23 heavy (non-hydrogen) atoms. The number of rotatable bonds is 6. The first-order valence-electron chi connectivity index (χ1n) is 6.81. The molecule has 118 valence electrons. The lowest BCUT2D eigenvalue weighted by atomic mass is 10.1. The fourth-order valence-electron chi connectivity index (χ4n) is 1.99. The van der Waals surface area contributed by atoms with Gasteiger partial charge < -0.3 is 19.4 Å². The number of methoxy groups -OCH3 is 2. The van der Waals surface area contributed by atoms with Crippen LogP contribution in [0.1, 0.15) is 26.3 Å². The molecule has 0 saturated carbocycles. The molecule has 0 aliphatic heterocycles. The van der Waals surface area contributed by atoms with E-state index in [1.807, 2.05) is 0 Å². The van der Waals surface area contributed by atoms with Gasteiger partial charge >= 0.3 is 0 Å². The maximum Gasteiger partial charge on any atom is 0.189 e. The summed E-state index contributed by atoms with van der Waals surface area (Å²) in [6, 6.07) is 11.0. The summed E-state index contributed by atoms with van der Waals surface area (Å²) >= 11 is 0. The van der Waals surface area contributed by atoms with E-state index < -0.39 is 5.97 Å². The third-order valence-corrected chi connectivity index (χ3v) is 3.25. The van der Waals surface area contributed by atoms with Crippen LogP contribution in [0.25, 0.3) is 6.08 Å². The van der Waals surface area contributed by atoms with E-state index in [9.17, 15) is 14.7 Å². The van der Waals surface area contributed by atoms with Gasteiger partial charge in [0.25, 0.3) is 0 Å². The molecule has 2 rings (SSSR count). The van der Waals surface area contributed by atoms with Crippen molar-refractivity contribution < 1.29 is 24.2 Å². The van der Waals surface area contributed by atoms with E-state index in [2.05, 4.69) is 0 Å². The Bertz CT molecular complexity index is 745. The van der Waals surface area contributed by atoms with Gasteiger partial charge in [0.2, 0.25) is 0 Å². The van der Waals surface area contributed by atoms with Crippen molar-refractivity contribution in [1.82, 2.24) is 0 Å². The molecule has 5 heteroatoms. The number of hydrogen-bond donors (Lipinski definition) is 0. The van der Waals surface area contributed by atoms with E-state index in [1.54, 1.807) is 36.4 Å². The minimum Gasteiger partial charge on any atom is -0.545 e. The fourth-order valence-corrected chi connectivity index (χ4v) is 1.99. The number of carboxylic acid groups (broad SMARTS) is 1. The zero-order valence-corrected chi connectivity index (χ0v) is 12.7. The molecular weight excluding hydrogens is 296 g/mol. The van der Waals surface area contributed by atoms with Gasteiger partial charge in [-0.15, -0.1) is 0 Å². The summed E-state index contributed by atoms with van der Waals surface area (Å²) in [6.45, 7) is 0. The molecule has 0 aliphatic carbocycles. The first-order valence-corrected chi connectivity index (χ1v) is 6.81. The van der Waals surface area contributed by atoms with Gasteiger partial charge in [0.1, 0.15) is 11.5 Å². The zero-order chi connectivity index (χ0) is 16.8. The second-order valence-corrected chi connectivity index (χ2v) is 4.67. The summed E-state index contributed by atoms with van der Waals surface area (Å²) in [6.07, 6.45) is 3.00. The Morgan fingerprint density at radius 2 is 1.70 bits per heavy atom. The largest absolute Gasteiger partial charge is 0.545 e. The van der Waals surface area contributed by atoms with Crippen molar-refractivity contribution in [2.45, 2.75) is 0 Å². The van der Waals surface area contributed by atoms with Gasteiger partial charge in [-0.25, -0.2) is 0 Å². The summed E-state index contributed by atoms with van der Waals surface area (Å²) in [4.78, 5) is 22.9. The molecule has 0 unspecified atom stereocenters. The second-order valence-electron chi connectivity index (χ2n) is 4.67. The van der Waals surface area contributed by atoms with Crippen LogP contribution in [0.3, 0.4) is 0 Å². The van der Waals surface area contributed by atoms with E-state index in [1.165, 1.54) is 32.4 Å². The lowest BCUT2D eigenvalue weighted by Gasteiger charge is -2.08. The molecule has 0 aromatic heterocycles. The number of hydrogen-bond acceptors (Lipinski definition) is 5. The summed E-state index contributed by atoms with van der Waals surface area (Å²) in [5, 5.41) is 10.7. The molecule has 0 N–H and O–H groups in total. The highest BCUT2D eigenvalue weighted by Crippen LogP contribution is 2.25. The first kappa shape index (κ1) is 16.3. The lowest BCUT2D eigenvalue weighted by Crippen LogP contribution is -2.21. The number of carbonyl (C=O) groups is 2. The second kappa shape index (κ2) is 7.26. The Hall–Kier alpha value is -3.08. The normalized spacial score (nSPS) is 10.5. The molecule has 0 heterocycles. The van der Waals surface area contributed by atoms with E-state index in [0.29, 0.717) is 22.6 Å². The van der Waals surface area contributed by atoms with E-state index in [4.69, 9.17) is 9.47 Å². The van der Waals surface area contributed by atoms with Gasteiger partial charge in [0.05, 0.1) is 25.8 Å². The summed E-state index contributed by atoms with van der Waals surface area (Å²) < 4.78 is 10.3. The third kappa shape index (κ3) is 3.97. The SMILES string of the molecule is COc1ccc(C(=O)/C=C/c2ccc(C(=O)[O-])cc2)c(OC)c1. The zero-order valence-electron chi connectivity index (χ0n) is 12.7. The monoisotopic (exact) mass is 311 g/mol. The van der Waals surface area contributed by atoms with E-state index >= 15 is 0 Å². The van der Waals surface area contributed by atoms with Crippen LogP contribution in [0, 0.1) is 0 Å². The lowest BCUT2D eigenvalue weighted by molar-refractivity contribution is -0.255. The van der Waals surface area contributed by atoms with Crippen molar-refractivity contribution in [2.75, 3.05) is 14.2 Å². The number of benzene rings is 2. The Balaban J connectivity index is 2.19. The van der Waals surface area contributed by atoms with Crippen molar-refractivity contribution in [1.29, 1.82) is 0 Å². The Kier molecular flexibility index (Phi) is 5.15. The van der Waals surface area contributed by atoms with Crippen LogP contribution in [0.15, 0.2) is 48.5 Å². The van der Waals surface area contributed by atoms with Crippen LogP contribution >= 0.6 is 0 Å². The maximum atomic E-state index is 12.3. The minimum absolute atomic E-state index is 0.0882. The number of allylic oxidation sites excluding steroid dienone is 1. The van der Waals surface area contributed by atoms with Crippen molar-refractivity contribution >= 4 is 17.8 Å². The topological polar surface area (TPSA) is 75.7 Å². The van der Waals surface area contributed by atoms with Crippen LogP contribution in [0.5, 0.6) is 11.5 Å². The standard InChI is InChI=1S/C18H16O5/c1-22-14-8-9-15(17(11-14)23-2)16(19)10-5-12-3-6-13(7-4-12)18(20)21/h3-11H,1-2H3,(H,20,21)/p-1/b10-5+. The highest BCUT2D eigenvalue weighted by atomic mass is 16.5. The number of carboxylic acids is 1.